The molecule has 2 rings (SSSR count). The highest BCUT2D eigenvalue weighted by atomic mass is 79.9. The molecule has 0 spiro atoms. The minimum absolute atomic E-state index is 0.614. The van der Waals surface area contributed by atoms with Gasteiger partial charge in [0.2, 0.25) is 0 Å². The van der Waals surface area contributed by atoms with E-state index in [4.69, 9.17) is 5.73 Å². The fraction of sp³-hybridized carbons (Fsp3) is 0.111. The molecule has 0 aliphatic heterocycles. The minimum Gasteiger partial charge on any atom is -0.326 e. The molecule has 2 N–H and O–H groups in total. The largest absolute Gasteiger partial charge is 0.326 e. The number of nitrogens with two attached hydrogens (primary N) is 1. The number of fused-ring (bicyclic) bond motifs is 1. The number of benzene rings is 1. The van der Waals surface area contributed by atoms with Crippen molar-refractivity contribution in [3.63, 3.8) is 0 Å². The van der Waals surface area contributed by atoms with Crippen LogP contribution in [0.2, 0.25) is 0 Å². The van der Waals surface area contributed by atoms with E-state index in [1.165, 1.54) is 15.6 Å². The molecule has 1 aromatic carbocycles. The monoisotopic (exact) mass is 241 g/mol. The fourth-order valence-electron chi connectivity index (χ4n) is 1.26. The van der Waals surface area contributed by atoms with E-state index in [2.05, 4.69) is 27.4 Å². The van der Waals surface area contributed by atoms with Crippen molar-refractivity contribution in [1.82, 2.24) is 0 Å². The second kappa shape index (κ2) is 3.17. The van der Waals surface area contributed by atoms with Crippen LogP contribution in [-0.4, -0.2) is 0 Å². The summed E-state index contributed by atoms with van der Waals surface area (Å²) < 4.78 is 2.44. The van der Waals surface area contributed by atoms with Crippen molar-refractivity contribution in [3.05, 3.63) is 33.6 Å². The van der Waals surface area contributed by atoms with E-state index in [1.807, 2.05) is 12.1 Å². The minimum atomic E-state index is 0.614. The van der Waals surface area contributed by atoms with Gasteiger partial charge in [0, 0.05) is 21.1 Å². The van der Waals surface area contributed by atoms with Crippen LogP contribution in [0.5, 0.6) is 0 Å². The summed E-state index contributed by atoms with van der Waals surface area (Å²) in [5, 5.41) is 3.39. The van der Waals surface area contributed by atoms with E-state index in [0.717, 1.165) is 4.47 Å². The second-order valence-corrected chi connectivity index (χ2v) is 4.34. The molecule has 3 heteroatoms. The van der Waals surface area contributed by atoms with Gasteiger partial charge >= 0.3 is 0 Å². The number of thiophene rings is 1. The van der Waals surface area contributed by atoms with Gasteiger partial charge in [-0.1, -0.05) is 22.0 Å². The van der Waals surface area contributed by atoms with Gasteiger partial charge in [-0.3, -0.25) is 0 Å². The summed E-state index contributed by atoms with van der Waals surface area (Å²) in [6, 6.07) is 6.21. The molecule has 62 valence electrons. The van der Waals surface area contributed by atoms with Crippen LogP contribution >= 0.6 is 27.3 Å². The number of hydrogen-bond donors (Lipinski definition) is 1. The van der Waals surface area contributed by atoms with Gasteiger partial charge in [0.15, 0.2) is 0 Å². The number of hydrogen-bond acceptors (Lipinski definition) is 2. The standard InChI is InChI=1S/C9H8BrNS/c10-7-2-1-3-8-9(7)6(4-11)5-12-8/h1-3,5H,4,11H2. The third kappa shape index (κ3) is 1.18. The molecule has 0 aliphatic carbocycles. The summed E-state index contributed by atoms with van der Waals surface area (Å²) in [6.45, 7) is 0.614. The molecule has 0 unspecified atom stereocenters. The molecular formula is C9H8BrNS. The summed E-state index contributed by atoms with van der Waals surface area (Å²) in [5.41, 5.74) is 6.84. The van der Waals surface area contributed by atoms with Crippen LogP contribution in [-0.2, 0) is 6.54 Å². The van der Waals surface area contributed by atoms with Gasteiger partial charge in [0.25, 0.3) is 0 Å². The maximum Gasteiger partial charge on any atom is 0.0357 e. The van der Waals surface area contributed by atoms with Gasteiger partial charge in [0.05, 0.1) is 0 Å². The van der Waals surface area contributed by atoms with Gasteiger partial charge < -0.3 is 5.73 Å². The van der Waals surface area contributed by atoms with E-state index in [0.29, 0.717) is 6.54 Å². The van der Waals surface area contributed by atoms with Gasteiger partial charge in [-0.15, -0.1) is 11.3 Å². The Bertz CT molecular complexity index is 408. The molecule has 2 aromatic rings. The third-order valence-electron chi connectivity index (χ3n) is 1.84. The maximum absolute atomic E-state index is 5.62. The Labute approximate surface area is 83.3 Å². The summed E-state index contributed by atoms with van der Waals surface area (Å²) in [6.07, 6.45) is 0. The first-order valence-corrected chi connectivity index (χ1v) is 5.35. The lowest BCUT2D eigenvalue weighted by Gasteiger charge is -1.96. The topological polar surface area (TPSA) is 26.0 Å². The normalized spacial score (nSPS) is 10.8. The Hall–Kier alpha value is -0.380. The lowest BCUT2D eigenvalue weighted by atomic mass is 10.2. The van der Waals surface area contributed by atoms with Crippen molar-refractivity contribution < 1.29 is 0 Å². The molecule has 0 aliphatic rings. The third-order valence-corrected chi connectivity index (χ3v) is 3.50. The highest BCUT2D eigenvalue weighted by molar-refractivity contribution is 9.10. The molecule has 12 heavy (non-hydrogen) atoms. The van der Waals surface area contributed by atoms with Gasteiger partial charge in [-0.25, -0.2) is 0 Å². The molecule has 0 amide bonds. The Balaban J connectivity index is 2.83. The van der Waals surface area contributed by atoms with Crippen LogP contribution in [0.4, 0.5) is 0 Å². The fourth-order valence-corrected chi connectivity index (χ4v) is 3.01. The van der Waals surface area contributed by atoms with Crippen LogP contribution in [0.15, 0.2) is 28.1 Å². The molecule has 1 nitrogen and oxygen atoms in total. The SMILES string of the molecule is NCc1csc2cccc(Br)c12. The van der Waals surface area contributed by atoms with Crippen LogP contribution in [0.25, 0.3) is 10.1 Å². The Morgan fingerprint density at radius 2 is 2.25 bits per heavy atom. The molecular weight excluding hydrogens is 234 g/mol. The average molecular weight is 242 g/mol. The lowest BCUT2D eigenvalue weighted by molar-refractivity contribution is 1.09. The van der Waals surface area contributed by atoms with E-state index >= 15 is 0 Å². The number of rotatable bonds is 1. The summed E-state index contributed by atoms with van der Waals surface area (Å²) >= 11 is 5.26. The average Bonchev–Trinajstić information content (AvgIpc) is 2.49. The van der Waals surface area contributed by atoms with Crippen molar-refractivity contribution in [2.45, 2.75) is 6.54 Å². The molecule has 0 saturated carbocycles. The van der Waals surface area contributed by atoms with Gasteiger partial charge in [-0.05, 0) is 23.1 Å². The van der Waals surface area contributed by atoms with E-state index in [1.54, 1.807) is 11.3 Å². The van der Waals surface area contributed by atoms with Crippen molar-refractivity contribution in [3.8, 4) is 0 Å². The predicted molar refractivity (Wildman–Crippen MR) is 57.4 cm³/mol. The van der Waals surface area contributed by atoms with E-state index < -0.39 is 0 Å². The van der Waals surface area contributed by atoms with Crippen molar-refractivity contribution >= 4 is 37.4 Å². The molecule has 1 heterocycles. The zero-order valence-electron chi connectivity index (χ0n) is 6.38. The Morgan fingerprint density at radius 3 is 3.00 bits per heavy atom. The maximum atomic E-state index is 5.62. The van der Waals surface area contributed by atoms with Crippen LogP contribution < -0.4 is 5.73 Å². The van der Waals surface area contributed by atoms with Crippen LogP contribution in [0, 0.1) is 0 Å². The van der Waals surface area contributed by atoms with E-state index in [-0.39, 0.29) is 0 Å². The smallest absolute Gasteiger partial charge is 0.0357 e. The highest BCUT2D eigenvalue weighted by Crippen LogP contribution is 2.31. The summed E-state index contributed by atoms with van der Waals surface area (Å²) in [4.78, 5) is 0. The first-order chi connectivity index (χ1) is 5.83. The first-order valence-electron chi connectivity index (χ1n) is 3.67. The Kier molecular flexibility index (Phi) is 2.17. The summed E-state index contributed by atoms with van der Waals surface area (Å²) in [7, 11) is 0. The molecule has 0 fully saturated rings. The molecule has 0 saturated heterocycles. The Morgan fingerprint density at radius 1 is 1.42 bits per heavy atom. The van der Waals surface area contributed by atoms with Gasteiger partial charge in [0.1, 0.15) is 0 Å². The predicted octanol–water partition coefficient (Wildman–Crippen LogP) is 3.12. The zero-order chi connectivity index (χ0) is 8.55. The number of halogens is 1. The van der Waals surface area contributed by atoms with Crippen molar-refractivity contribution in [1.29, 1.82) is 0 Å². The zero-order valence-corrected chi connectivity index (χ0v) is 8.78. The summed E-state index contributed by atoms with van der Waals surface area (Å²) in [5.74, 6) is 0. The van der Waals surface area contributed by atoms with Crippen LogP contribution in [0.3, 0.4) is 0 Å². The molecule has 0 bridgehead atoms. The van der Waals surface area contributed by atoms with Crippen molar-refractivity contribution in [2.24, 2.45) is 5.73 Å². The molecule has 1 aromatic heterocycles. The van der Waals surface area contributed by atoms with Gasteiger partial charge in [-0.2, -0.15) is 0 Å². The molecule has 0 atom stereocenters. The first kappa shape index (κ1) is 8.23. The molecule has 0 radical (unpaired) electrons. The van der Waals surface area contributed by atoms with Crippen molar-refractivity contribution in [2.75, 3.05) is 0 Å². The lowest BCUT2D eigenvalue weighted by Crippen LogP contribution is -1.94. The van der Waals surface area contributed by atoms with Crippen LogP contribution in [0.1, 0.15) is 5.56 Å². The quantitative estimate of drug-likeness (QED) is 0.816. The highest BCUT2D eigenvalue weighted by Gasteiger charge is 2.04. The van der Waals surface area contributed by atoms with E-state index in [9.17, 15) is 0 Å². The second-order valence-electron chi connectivity index (χ2n) is 2.58.